The summed E-state index contributed by atoms with van der Waals surface area (Å²) in [5, 5.41) is 8.64. The zero-order valence-electron chi connectivity index (χ0n) is 17.2. The molecule has 0 saturated carbocycles. The molecule has 0 bridgehead atoms. The molecule has 0 aliphatic heterocycles. The first-order valence-corrected chi connectivity index (χ1v) is 10.0. The lowest BCUT2D eigenvalue weighted by Crippen LogP contribution is -2.28. The number of nitrogens with zero attached hydrogens (tertiary/aromatic N) is 4. The Hall–Kier alpha value is -3.67. The van der Waals surface area contributed by atoms with Gasteiger partial charge in [0.15, 0.2) is 5.69 Å². The smallest absolute Gasteiger partial charge is 0.274 e. The molecule has 0 fully saturated rings. The monoisotopic (exact) mass is 400 g/mol. The maximum absolute atomic E-state index is 12.8. The van der Waals surface area contributed by atoms with Crippen LogP contribution in [-0.4, -0.2) is 39.3 Å². The molecule has 6 nitrogen and oxygen atoms in total. The summed E-state index contributed by atoms with van der Waals surface area (Å²) < 4.78 is 7.24. The van der Waals surface area contributed by atoms with Gasteiger partial charge in [-0.3, -0.25) is 4.79 Å². The van der Waals surface area contributed by atoms with Crippen LogP contribution >= 0.6 is 0 Å². The summed E-state index contributed by atoms with van der Waals surface area (Å²) >= 11 is 0. The lowest BCUT2D eigenvalue weighted by molar-refractivity contribution is 0.0786. The van der Waals surface area contributed by atoms with Crippen molar-refractivity contribution in [2.45, 2.75) is 19.8 Å². The first kappa shape index (κ1) is 19.6. The molecular weight excluding hydrogens is 376 g/mol. The lowest BCUT2D eigenvalue weighted by atomic mass is 10.1. The van der Waals surface area contributed by atoms with Crippen LogP contribution in [0, 0.1) is 6.92 Å². The molecule has 0 saturated heterocycles. The molecule has 30 heavy (non-hydrogen) atoms. The SMILES string of the molecule is Cc1cc(C(=O)N(C)CCCc2cc(-c3ccccc3)no2)nn1-c1ccccc1. The molecule has 0 radical (unpaired) electrons. The zero-order chi connectivity index (χ0) is 20.9. The highest BCUT2D eigenvalue weighted by molar-refractivity contribution is 5.92. The average molecular weight is 400 g/mol. The third-order valence-electron chi connectivity index (χ3n) is 5.00. The molecule has 0 N–H and O–H groups in total. The molecule has 0 unspecified atom stereocenters. The van der Waals surface area contributed by atoms with E-state index in [9.17, 15) is 4.79 Å². The topological polar surface area (TPSA) is 64.2 Å². The molecule has 0 aliphatic rings. The molecular formula is C24H24N4O2. The number of amides is 1. The van der Waals surface area contributed by atoms with Crippen molar-refractivity contribution in [2.24, 2.45) is 0 Å². The molecule has 4 rings (SSSR count). The minimum Gasteiger partial charge on any atom is -0.361 e. The van der Waals surface area contributed by atoms with E-state index in [0.717, 1.165) is 41.2 Å². The van der Waals surface area contributed by atoms with Gasteiger partial charge < -0.3 is 9.42 Å². The van der Waals surface area contributed by atoms with Gasteiger partial charge in [-0.15, -0.1) is 0 Å². The van der Waals surface area contributed by atoms with Crippen molar-refractivity contribution in [1.29, 1.82) is 0 Å². The van der Waals surface area contributed by atoms with Crippen molar-refractivity contribution < 1.29 is 9.32 Å². The zero-order valence-corrected chi connectivity index (χ0v) is 17.2. The van der Waals surface area contributed by atoms with E-state index in [1.807, 2.05) is 79.7 Å². The summed E-state index contributed by atoms with van der Waals surface area (Å²) in [5.41, 5.74) is 4.18. The number of aryl methyl sites for hydroxylation is 2. The van der Waals surface area contributed by atoms with Crippen LogP contribution in [0.3, 0.4) is 0 Å². The van der Waals surface area contributed by atoms with Gasteiger partial charge in [-0.05, 0) is 31.5 Å². The predicted octanol–water partition coefficient (Wildman–Crippen LogP) is 4.54. The first-order valence-electron chi connectivity index (χ1n) is 10.0. The van der Waals surface area contributed by atoms with E-state index in [-0.39, 0.29) is 5.91 Å². The standard InChI is InChI=1S/C24H24N4O2/c1-18-16-23(25-28(18)20-12-7-4-8-13-20)24(29)27(2)15-9-14-21-17-22(26-30-21)19-10-5-3-6-11-19/h3-8,10-13,16-17H,9,14-15H2,1-2H3. The van der Waals surface area contributed by atoms with Gasteiger partial charge in [-0.1, -0.05) is 53.7 Å². The summed E-state index contributed by atoms with van der Waals surface area (Å²) in [7, 11) is 1.80. The molecule has 2 aromatic heterocycles. The van der Waals surface area contributed by atoms with E-state index in [4.69, 9.17) is 4.52 Å². The Labute approximate surface area is 175 Å². The normalized spacial score (nSPS) is 10.9. The number of hydrogen-bond donors (Lipinski definition) is 0. The Kier molecular flexibility index (Phi) is 5.75. The van der Waals surface area contributed by atoms with Gasteiger partial charge in [0.05, 0.1) is 5.69 Å². The molecule has 4 aromatic rings. The number of para-hydroxylation sites is 1. The maximum Gasteiger partial charge on any atom is 0.274 e. The molecule has 0 spiro atoms. The van der Waals surface area contributed by atoms with E-state index in [2.05, 4.69) is 10.3 Å². The van der Waals surface area contributed by atoms with Gasteiger partial charge in [-0.25, -0.2) is 4.68 Å². The highest BCUT2D eigenvalue weighted by Crippen LogP contribution is 2.19. The van der Waals surface area contributed by atoms with Gasteiger partial charge in [0.2, 0.25) is 0 Å². The lowest BCUT2D eigenvalue weighted by Gasteiger charge is -2.15. The highest BCUT2D eigenvalue weighted by atomic mass is 16.5. The van der Waals surface area contributed by atoms with Gasteiger partial charge in [0.25, 0.3) is 5.91 Å². The fraction of sp³-hybridized carbons (Fsp3) is 0.208. The molecule has 2 aromatic carbocycles. The number of carbonyl (C=O) groups is 1. The highest BCUT2D eigenvalue weighted by Gasteiger charge is 2.17. The second-order valence-corrected chi connectivity index (χ2v) is 7.29. The van der Waals surface area contributed by atoms with Gasteiger partial charge >= 0.3 is 0 Å². The number of rotatable bonds is 7. The van der Waals surface area contributed by atoms with Crippen molar-refractivity contribution in [2.75, 3.05) is 13.6 Å². The first-order chi connectivity index (χ1) is 14.6. The summed E-state index contributed by atoms with van der Waals surface area (Å²) in [5.74, 6) is 0.731. The number of benzene rings is 2. The van der Waals surface area contributed by atoms with Crippen molar-refractivity contribution in [1.82, 2.24) is 19.8 Å². The second kappa shape index (κ2) is 8.78. The minimum absolute atomic E-state index is 0.0877. The van der Waals surface area contributed by atoms with E-state index in [1.54, 1.807) is 16.6 Å². The van der Waals surface area contributed by atoms with Crippen molar-refractivity contribution in [3.8, 4) is 16.9 Å². The third kappa shape index (κ3) is 4.33. The fourth-order valence-corrected chi connectivity index (χ4v) is 3.37. The molecule has 0 atom stereocenters. The molecule has 152 valence electrons. The van der Waals surface area contributed by atoms with Gasteiger partial charge in [-0.2, -0.15) is 5.10 Å². The Balaban J connectivity index is 1.34. The Morgan fingerprint density at radius 1 is 1.03 bits per heavy atom. The number of carbonyl (C=O) groups excluding carboxylic acids is 1. The van der Waals surface area contributed by atoms with E-state index >= 15 is 0 Å². The molecule has 1 amide bonds. The van der Waals surface area contributed by atoms with Crippen LogP contribution in [0.25, 0.3) is 16.9 Å². The van der Waals surface area contributed by atoms with Crippen molar-refractivity contribution in [3.05, 3.63) is 89.9 Å². The van der Waals surface area contributed by atoms with Crippen LogP contribution in [0.4, 0.5) is 0 Å². The van der Waals surface area contributed by atoms with E-state index < -0.39 is 0 Å². The van der Waals surface area contributed by atoms with E-state index in [0.29, 0.717) is 12.2 Å². The fourth-order valence-electron chi connectivity index (χ4n) is 3.37. The van der Waals surface area contributed by atoms with Crippen LogP contribution in [0.15, 0.2) is 77.3 Å². The van der Waals surface area contributed by atoms with E-state index in [1.165, 1.54) is 0 Å². The van der Waals surface area contributed by atoms with Crippen LogP contribution in [0.1, 0.15) is 28.4 Å². The summed E-state index contributed by atoms with van der Waals surface area (Å²) in [6.45, 7) is 2.56. The number of aromatic nitrogens is 3. The quantitative estimate of drug-likeness (QED) is 0.457. The second-order valence-electron chi connectivity index (χ2n) is 7.29. The number of hydrogen-bond acceptors (Lipinski definition) is 4. The average Bonchev–Trinajstić information content (AvgIpc) is 3.41. The molecule has 2 heterocycles. The maximum atomic E-state index is 12.8. The van der Waals surface area contributed by atoms with Crippen LogP contribution < -0.4 is 0 Å². The molecule has 6 heteroatoms. The van der Waals surface area contributed by atoms with Gasteiger partial charge in [0, 0.05) is 37.3 Å². The van der Waals surface area contributed by atoms with Crippen LogP contribution in [0.2, 0.25) is 0 Å². The third-order valence-corrected chi connectivity index (χ3v) is 5.00. The van der Waals surface area contributed by atoms with Crippen molar-refractivity contribution >= 4 is 5.91 Å². The Morgan fingerprint density at radius 3 is 2.47 bits per heavy atom. The largest absolute Gasteiger partial charge is 0.361 e. The van der Waals surface area contributed by atoms with Crippen LogP contribution in [-0.2, 0) is 6.42 Å². The van der Waals surface area contributed by atoms with Gasteiger partial charge in [0.1, 0.15) is 11.5 Å². The summed E-state index contributed by atoms with van der Waals surface area (Å²) in [6, 6.07) is 23.5. The summed E-state index contributed by atoms with van der Waals surface area (Å²) in [6.07, 6.45) is 1.50. The Bertz CT molecular complexity index is 1120. The van der Waals surface area contributed by atoms with Crippen molar-refractivity contribution in [3.63, 3.8) is 0 Å². The predicted molar refractivity (Wildman–Crippen MR) is 116 cm³/mol. The Morgan fingerprint density at radius 2 is 1.73 bits per heavy atom. The van der Waals surface area contributed by atoms with Crippen LogP contribution in [0.5, 0.6) is 0 Å². The molecule has 0 aliphatic carbocycles. The summed E-state index contributed by atoms with van der Waals surface area (Å²) in [4.78, 5) is 14.5. The minimum atomic E-state index is -0.0877.